The summed E-state index contributed by atoms with van der Waals surface area (Å²) in [6, 6.07) is 4.85. The van der Waals surface area contributed by atoms with Crippen molar-refractivity contribution >= 4 is 10.0 Å². The second-order valence-corrected chi connectivity index (χ2v) is 7.61. The van der Waals surface area contributed by atoms with Gasteiger partial charge in [-0.15, -0.1) is 0 Å². The Hall–Kier alpha value is -1.53. The summed E-state index contributed by atoms with van der Waals surface area (Å²) in [6.45, 7) is 0.978. The van der Waals surface area contributed by atoms with Crippen molar-refractivity contribution in [2.24, 2.45) is 0 Å². The van der Waals surface area contributed by atoms with Crippen LogP contribution in [-0.2, 0) is 10.0 Å². The Labute approximate surface area is 138 Å². The van der Waals surface area contributed by atoms with Crippen LogP contribution < -0.4 is 9.47 Å². The van der Waals surface area contributed by atoms with E-state index < -0.39 is 10.0 Å². The fourth-order valence-electron chi connectivity index (χ4n) is 2.45. The van der Waals surface area contributed by atoms with Crippen molar-refractivity contribution in [3.63, 3.8) is 0 Å². The minimum absolute atomic E-state index is 0.202. The number of allylic oxidation sites excluding steroid dienone is 2. The van der Waals surface area contributed by atoms with Crippen LogP contribution in [0.4, 0.5) is 0 Å². The third-order valence-electron chi connectivity index (χ3n) is 3.87. The lowest BCUT2D eigenvalue weighted by Crippen LogP contribution is -2.28. The molecule has 0 saturated carbocycles. The molecule has 2 rings (SSSR count). The van der Waals surface area contributed by atoms with Gasteiger partial charge in [0.1, 0.15) is 16.4 Å². The highest BCUT2D eigenvalue weighted by molar-refractivity contribution is 7.89. The van der Waals surface area contributed by atoms with Gasteiger partial charge in [0.25, 0.3) is 0 Å². The van der Waals surface area contributed by atoms with Crippen molar-refractivity contribution in [1.29, 1.82) is 0 Å². The monoisotopic (exact) mass is 339 g/mol. The molecule has 1 aliphatic rings. The first-order chi connectivity index (χ1) is 11.1. The first kappa shape index (κ1) is 17.8. The fourth-order valence-corrected chi connectivity index (χ4v) is 3.76. The lowest BCUT2D eigenvalue weighted by atomic mass is 10.2. The Balaban J connectivity index is 2.33. The van der Waals surface area contributed by atoms with Gasteiger partial charge in [0.2, 0.25) is 10.0 Å². The van der Waals surface area contributed by atoms with Crippen molar-refractivity contribution in [2.75, 3.05) is 27.3 Å². The van der Waals surface area contributed by atoms with Gasteiger partial charge in [0.15, 0.2) is 0 Å². The molecule has 0 fully saturated rings. The molecule has 0 N–H and O–H groups in total. The van der Waals surface area contributed by atoms with E-state index >= 15 is 0 Å². The maximum Gasteiger partial charge on any atom is 0.246 e. The summed E-state index contributed by atoms with van der Waals surface area (Å²) in [5.41, 5.74) is 0. The molecule has 0 aliphatic carbocycles. The molecule has 0 spiro atoms. The highest BCUT2D eigenvalue weighted by Gasteiger charge is 2.25. The van der Waals surface area contributed by atoms with Crippen LogP contribution in [0, 0.1) is 0 Å². The minimum atomic E-state index is -3.56. The first-order valence-corrected chi connectivity index (χ1v) is 9.42. The Kier molecular flexibility index (Phi) is 6.47. The molecule has 0 saturated heterocycles. The highest BCUT2D eigenvalue weighted by atomic mass is 32.2. The number of hydrogen-bond donors (Lipinski definition) is 0. The SMILES string of the molecule is COc1ccc2c(c1)OCCCC=CCCCCN(C)S2(=O)=O. The molecule has 23 heavy (non-hydrogen) atoms. The third-order valence-corrected chi connectivity index (χ3v) is 5.77. The smallest absolute Gasteiger partial charge is 0.246 e. The van der Waals surface area contributed by atoms with Gasteiger partial charge in [-0.25, -0.2) is 12.7 Å². The third kappa shape index (κ3) is 4.72. The average molecular weight is 339 g/mol. The van der Waals surface area contributed by atoms with Crippen LogP contribution in [0.25, 0.3) is 0 Å². The average Bonchev–Trinajstić information content (AvgIpc) is 2.55. The lowest BCUT2D eigenvalue weighted by molar-refractivity contribution is 0.300. The predicted molar refractivity (Wildman–Crippen MR) is 90.5 cm³/mol. The summed E-state index contributed by atoms with van der Waals surface area (Å²) in [6.07, 6.45) is 8.94. The van der Waals surface area contributed by atoms with Gasteiger partial charge in [-0.2, -0.15) is 0 Å². The number of fused-ring (bicyclic) bond motifs is 1. The summed E-state index contributed by atoms with van der Waals surface area (Å²) >= 11 is 0. The van der Waals surface area contributed by atoms with Gasteiger partial charge in [-0.3, -0.25) is 0 Å². The van der Waals surface area contributed by atoms with Gasteiger partial charge < -0.3 is 9.47 Å². The molecule has 0 radical (unpaired) electrons. The number of hydrogen-bond acceptors (Lipinski definition) is 4. The summed E-state index contributed by atoms with van der Waals surface area (Å²) in [5.74, 6) is 0.944. The molecule has 5 nitrogen and oxygen atoms in total. The zero-order valence-corrected chi connectivity index (χ0v) is 14.6. The number of rotatable bonds is 1. The van der Waals surface area contributed by atoms with Gasteiger partial charge in [0, 0.05) is 19.7 Å². The van der Waals surface area contributed by atoms with E-state index in [1.54, 1.807) is 32.4 Å². The van der Waals surface area contributed by atoms with E-state index in [4.69, 9.17) is 9.47 Å². The lowest BCUT2D eigenvalue weighted by Gasteiger charge is -2.20. The van der Waals surface area contributed by atoms with E-state index in [1.807, 2.05) is 0 Å². The van der Waals surface area contributed by atoms with Crippen molar-refractivity contribution in [2.45, 2.75) is 37.0 Å². The second kappa shape index (κ2) is 8.36. The second-order valence-electron chi connectivity index (χ2n) is 5.60. The maximum absolute atomic E-state index is 12.8. The van der Waals surface area contributed by atoms with Crippen molar-refractivity contribution < 1.29 is 17.9 Å². The summed E-state index contributed by atoms with van der Waals surface area (Å²) < 4.78 is 37.9. The molecule has 1 heterocycles. The maximum atomic E-state index is 12.8. The summed E-state index contributed by atoms with van der Waals surface area (Å²) in [4.78, 5) is 0.202. The Morgan fingerprint density at radius 2 is 1.87 bits per heavy atom. The van der Waals surface area contributed by atoms with E-state index in [9.17, 15) is 8.42 Å². The van der Waals surface area contributed by atoms with Crippen molar-refractivity contribution in [1.82, 2.24) is 4.31 Å². The molecule has 6 heteroatoms. The largest absolute Gasteiger partial charge is 0.497 e. The molecular formula is C17H25NO4S. The molecule has 0 atom stereocenters. The first-order valence-electron chi connectivity index (χ1n) is 7.98. The molecule has 1 aliphatic heterocycles. The van der Waals surface area contributed by atoms with Crippen LogP contribution in [0.2, 0.25) is 0 Å². The molecule has 128 valence electrons. The molecule has 0 unspecified atom stereocenters. The normalized spacial score (nSPS) is 20.1. The molecule has 0 bridgehead atoms. The molecular weight excluding hydrogens is 314 g/mol. The van der Waals surface area contributed by atoms with Crippen LogP contribution in [0.5, 0.6) is 11.5 Å². The summed E-state index contributed by atoms with van der Waals surface area (Å²) in [7, 11) is -0.392. The topological polar surface area (TPSA) is 55.8 Å². The van der Waals surface area contributed by atoms with E-state index in [-0.39, 0.29) is 4.90 Å². The zero-order valence-electron chi connectivity index (χ0n) is 13.8. The molecule has 0 amide bonds. The van der Waals surface area contributed by atoms with Crippen LogP contribution in [0.3, 0.4) is 0 Å². The standard InChI is InChI=1S/C17H25NO4S/c1-18-12-8-6-4-3-5-7-9-13-22-16-14-15(21-2)10-11-17(16)23(18,19)20/h3,5,10-11,14H,4,6-9,12-13H2,1-2H3. The number of ether oxygens (including phenoxy) is 2. The summed E-state index contributed by atoms with van der Waals surface area (Å²) in [5, 5.41) is 0. The number of methoxy groups -OCH3 is 1. The molecule has 0 aromatic heterocycles. The van der Waals surface area contributed by atoms with Crippen LogP contribution in [0.1, 0.15) is 32.1 Å². The van der Waals surface area contributed by atoms with Crippen molar-refractivity contribution in [3.05, 3.63) is 30.4 Å². The van der Waals surface area contributed by atoms with Gasteiger partial charge in [-0.1, -0.05) is 12.2 Å². The Morgan fingerprint density at radius 1 is 1.13 bits per heavy atom. The number of sulfonamides is 1. The highest BCUT2D eigenvalue weighted by Crippen LogP contribution is 2.31. The van der Waals surface area contributed by atoms with Crippen molar-refractivity contribution in [3.8, 4) is 11.5 Å². The van der Waals surface area contributed by atoms with Crippen LogP contribution in [0.15, 0.2) is 35.2 Å². The van der Waals surface area contributed by atoms with Gasteiger partial charge >= 0.3 is 0 Å². The van der Waals surface area contributed by atoms with Gasteiger partial charge in [0.05, 0.1) is 13.7 Å². The van der Waals surface area contributed by atoms with Crippen LogP contribution >= 0.6 is 0 Å². The number of benzene rings is 1. The van der Waals surface area contributed by atoms with Crippen LogP contribution in [-0.4, -0.2) is 40.0 Å². The Bertz CT molecular complexity index is 640. The Morgan fingerprint density at radius 3 is 2.61 bits per heavy atom. The fraction of sp³-hybridized carbons (Fsp3) is 0.529. The van der Waals surface area contributed by atoms with E-state index in [0.717, 1.165) is 32.1 Å². The molecule has 1 aromatic carbocycles. The minimum Gasteiger partial charge on any atom is -0.497 e. The predicted octanol–water partition coefficient (Wildman–Crippen LogP) is 3.21. The molecule has 1 aromatic rings. The van der Waals surface area contributed by atoms with E-state index in [0.29, 0.717) is 24.7 Å². The van der Waals surface area contributed by atoms with E-state index in [1.165, 1.54) is 4.31 Å². The zero-order chi connectivity index (χ0) is 16.7. The number of nitrogens with zero attached hydrogens (tertiary/aromatic N) is 1. The van der Waals surface area contributed by atoms with Gasteiger partial charge in [-0.05, 0) is 44.2 Å². The van der Waals surface area contributed by atoms with E-state index in [2.05, 4.69) is 12.2 Å². The quantitative estimate of drug-likeness (QED) is 0.737.